The van der Waals surface area contributed by atoms with Gasteiger partial charge in [-0.1, -0.05) is 24.3 Å². The van der Waals surface area contributed by atoms with E-state index in [0.717, 1.165) is 26.5 Å². The van der Waals surface area contributed by atoms with Crippen molar-refractivity contribution in [1.82, 2.24) is 0 Å². The van der Waals surface area contributed by atoms with Crippen molar-refractivity contribution in [1.29, 1.82) is 0 Å². The Hall–Kier alpha value is -1.69. The lowest BCUT2D eigenvalue weighted by atomic mass is 9.91. The summed E-state index contributed by atoms with van der Waals surface area (Å²) in [6.07, 6.45) is 4.28. The highest BCUT2D eigenvalue weighted by Gasteiger charge is 2.16. The van der Waals surface area contributed by atoms with Crippen molar-refractivity contribution < 1.29 is 9.90 Å². The van der Waals surface area contributed by atoms with Crippen molar-refractivity contribution in [2.24, 2.45) is 5.73 Å². The molecule has 0 aliphatic heterocycles. The van der Waals surface area contributed by atoms with Crippen molar-refractivity contribution >= 4 is 35.0 Å². The summed E-state index contributed by atoms with van der Waals surface area (Å²) in [4.78, 5) is 14.3. The van der Waals surface area contributed by atoms with Gasteiger partial charge in [-0.15, -0.1) is 23.5 Å². The highest BCUT2D eigenvalue weighted by atomic mass is 32.2. The van der Waals surface area contributed by atoms with Gasteiger partial charge in [0.25, 0.3) is 0 Å². The molecule has 0 saturated heterocycles. The van der Waals surface area contributed by atoms with Crippen molar-refractivity contribution in [3.8, 4) is 0 Å². The van der Waals surface area contributed by atoms with E-state index in [9.17, 15) is 9.90 Å². The van der Waals surface area contributed by atoms with Crippen molar-refractivity contribution in [3.05, 3.63) is 65.2 Å². The summed E-state index contributed by atoms with van der Waals surface area (Å²) in [6, 6.07) is 16.0. The van der Waals surface area contributed by atoms with Crippen LogP contribution in [0.2, 0.25) is 0 Å². The first-order valence-electron chi connectivity index (χ1n) is 7.53. The number of primary amides is 1. The number of thioether (sulfide) groups is 2. The summed E-state index contributed by atoms with van der Waals surface area (Å²) in [6.45, 7) is -0.117. The second-order valence-electron chi connectivity index (χ2n) is 5.15. The zero-order chi connectivity index (χ0) is 17.5. The van der Waals surface area contributed by atoms with Gasteiger partial charge in [-0.2, -0.15) is 0 Å². The second kappa shape index (κ2) is 8.97. The molecule has 0 radical (unpaired) electrons. The van der Waals surface area contributed by atoms with Crippen molar-refractivity contribution in [2.75, 3.05) is 19.1 Å². The summed E-state index contributed by atoms with van der Waals surface area (Å²) >= 11 is 3.33. The Balaban J connectivity index is 2.62. The van der Waals surface area contributed by atoms with Crippen LogP contribution in [0.1, 0.15) is 17.5 Å². The zero-order valence-corrected chi connectivity index (χ0v) is 15.4. The van der Waals surface area contributed by atoms with E-state index in [2.05, 4.69) is 0 Å². The number of carbonyl (C=O) groups excluding carboxylic acids is 1. The number of rotatable bonds is 7. The maximum Gasteiger partial charge on any atom is 0.245 e. The number of nitrogens with two attached hydrogens (primary N) is 1. The molecule has 0 fully saturated rings. The molecular weight excluding hydrogens is 338 g/mol. The minimum Gasteiger partial charge on any atom is -0.396 e. The van der Waals surface area contributed by atoms with E-state index in [4.69, 9.17) is 5.73 Å². The third kappa shape index (κ3) is 4.44. The number of carbonyl (C=O) groups is 1. The summed E-state index contributed by atoms with van der Waals surface area (Å²) in [5, 5.41) is 9.34. The van der Waals surface area contributed by atoms with Crippen LogP contribution in [0.4, 0.5) is 0 Å². The second-order valence-corrected chi connectivity index (χ2v) is 6.91. The molecule has 0 atom stereocenters. The Bertz CT molecular complexity index is 673. The zero-order valence-electron chi connectivity index (χ0n) is 13.8. The SMILES string of the molecule is CSc1ccc(C(=C(CCO)C(N)=O)c2ccc(SC)cc2)cc1. The van der Waals surface area contributed by atoms with E-state index in [1.807, 2.05) is 61.0 Å². The highest BCUT2D eigenvalue weighted by Crippen LogP contribution is 2.31. The number of hydrogen-bond donors (Lipinski definition) is 2. The van der Waals surface area contributed by atoms with Crippen molar-refractivity contribution in [3.63, 3.8) is 0 Å². The maximum absolute atomic E-state index is 12.0. The van der Waals surface area contributed by atoms with E-state index >= 15 is 0 Å². The van der Waals surface area contributed by atoms with Crippen LogP contribution in [0, 0.1) is 0 Å². The van der Waals surface area contributed by atoms with Gasteiger partial charge in [-0.05, 0) is 53.5 Å². The first kappa shape index (κ1) is 18.6. The summed E-state index contributed by atoms with van der Waals surface area (Å²) in [5.41, 5.74) is 8.68. The van der Waals surface area contributed by atoms with Gasteiger partial charge < -0.3 is 10.8 Å². The minimum absolute atomic E-state index is 0.117. The number of benzene rings is 2. The van der Waals surface area contributed by atoms with E-state index < -0.39 is 5.91 Å². The average molecular weight is 360 g/mol. The van der Waals surface area contributed by atoms with Gasteiger partial charge in [0.1, 0.15) is 0 Å². The molecule has 0 spiro atoms. The molecule has 1 amide bonds. The fourth-order valence-electron chi connectivity index (χ4n) is 2.51. The maximum atomic E-state index is 12.0. The van der Waals surface area contributed by atoms with Gasteiger partial charge >= 0.3 is 0 Å². The molecule has 0 saturated carbocycles. The van der Waals surface area contributed by atoms with E-state index in [0.29, 0.717) is 5.57 Å². The van der Waals surface area contributed by atoms with Gasteiger partial charge in [0, 0.05) is 28.4 Å². The lowest BCUT2D eigenvalue weighted by Crippen LogP contribution is -2.17. The molecule has 24 heavy (non-hydrogen) atoms. The quantitative estimate of drug-likeness (QED) is 0.583. The smallest absolute Gasteiger partial charge is 0.245 e. The molecule has 0 aliphatic carbocycles. The van der Waals surface area contributed by atoms with Crippen LogP contribution in [0.3, 0.4) is 0 Å². The number of amides is 1. The molecule has 0 unspecified atom stereocenters. The summed E-state index contributed by atoms with van der Waals surface area (Å²) < 4.78 is 0. The van der Waals surface area contributed by atoms with Crippen molar-refractivity contribution in [2.45, 2.75) is 16.2 Å². The normalized spacial score (nSPS) is 10.5. The monoisotopic (exact) mass is 359 g/mol. The fourth-order valence-corrected chi connectivity index (χ4v) is 3.33. The van der Waals surface area contributed by atoms with E-state index in [1.165, 1.54) is 0 Å². The molecule has 0 heterocycles. The highest BCUT2D eigenvalue weighted by molar-refractivity contribution is 7.98. The van der Waals surface area contributed by atoms with E-state index in [1.54, 1.807) is 23.5 Å². The summed E-state index contributed by atoms with van der Waals surface area (Å²) in [5.74, 6) is -0.498. The predicted octanol–water partition coefficient (Wildman–Crippen LogP) is 3.80. The van der Waals surface area contributed by atoms with Gasteiger partial charge in [0.05, 0.1) is 0 Å². The first-order valence-corrected chi connectivity index (χ1v) is 9.98. The van der Waals surface area contributed by atoms with Gasteiger partial charge in [0.15, 0.2) is 0 Å². The van der Waals surface area contributed by atoms with Crippen LogP contribution >= 0.6 is 23.5 Å². The number of aliphatic hydroxyl groups is 1. The molecule has 0 bridgehead atoms. The summed E-state index contributed by atoms with van der Waals surface area (Å²) in [7, 11) is 0. The lowest BCUT2D eigenvalue weighted by molar-refractivity contribution is -0.114. The standard InChI is InChI=1S/C19H21NO2S2/c1-23-15-7-3-13(4-8-15)18(17(11-12-21)19(20)22)14-5-9-16(24-2)10-6-14/h3-10,21H,11-12H2,1-2H3,(H2,20,22). The molecule has 0 aromatic heterocycles. The Kier molecular flexibility index (Phi) is 6.97. The minimum atomic E-state index is -0.498. The predicted molar refractivity (Wildman–Crippen MR) is 103 cm³/mol. The van der Waals surface area contributed by atoms with Crippen LogP contribution in [0.15, 0.2) is 63.9 Å². The third-order valence-corrected chi connectivity index (χ3v) is 5.21. The molecular formula is C19H21NO2S2. The topological polar surface area (TPSA) is 63.3 Å². The average Bonchev–Trinajstić information content (AvgIpc) is 2.62. The van der Waals surface area contributed by atoms with Gasteiger partial charge in [-0.3, -0.25) is 4.79 Å². The number of aliphatic hydroxyl groups excluding tert-OH is 1. The largest absolute Gasteiger partial charge is 0.396 e. The van der Waals surface area contributed by atoms with Crippen LogP contribution in [-0.2, 0) is 4.79 Å². The van der Waals surface area contributed by atoms with Gasteiger partial charge in [0.2, 0.25) is 5.91 Å². The number of hydrogen-bond acceptors (Lipinski definition) is 4. The van der Waals surface area contributed by atoms with Crippen LogP contribution in [0.25, 0.3) is 5.57 Å². The Morgan fingerprint density at radius 3 is 1.62 bits per heavy atom. The molecule has 2 aromatic carbocycles. The van der Waals surface area contributed by atoms with E-state index in [-0.39, 0.29) is 13.0 Å². The molecule has 126 valence electrons. The third-order valence-electron chi connectivity index (χ3n) is 3.72. The lowest BCUT2D eigenvalue weighted by Gasteiger charge is -2.15. The molecule has 3 nitrogen and oxygen atoms in total. The molecule has 2 rings (SSSR count). The fraction of sp³-hybridized carbons (Fsp3) is 0.211. The Morgan fingerprint density at radius 1 is 0.917 bits per heavy atom. The Labute approximate surface area is 151 Å². The van der Waals surface area contributed by atoms with Crippen LogP contribution in [-0.4, -0.2) is 30.1 Å². The molecule has 5 heteroatoms. The van der Waals surface area contributed by atoms with Crippen LogP contribution < -0.4 is 5.73 Å². The molecule has 0 aliphatic rings. The van der Waals surface area contributed by atoms with Crippen LogP contribution in [0.5, 0.6) is 0 Å². The molecule has 3 N–H and O–H groups in total. The Morgan fingerprint density at radius 2 is 1.33 bits per heavy atom. The van der Waals surface area contributed by atoms with Gasteiger partial charge in [-0.25, -0.2) is 0 Å². The first-order chi connectivity index (χ1) is 11.6. The molecule has 2 aromatic rings.